The molecular weight excluding hydrogens is 392 g/mol. The number of amides is 1. The predicted octanol–water partition coefficient (Wildman–Crippen LogP) is 2.24. The number of nitrogens with two attached hydrogens (primary N) is 1. The summed E-state index contributed by atoms with van der Waals surface area (Å²) in [6.45, 7) is 3.01. The van der Waals surface area contributed by atoms with Crippen LogP contribution in [0.1, 0.15) is 46.7 Å². The van der Waals surface area contributed by atoms with Gasteiger partial charge in [-0.3, -0.25) is 14.6 Å². The van der Waals surface area contributed by atoms with Crippen molar-refractivity contribution in [3.05, 3.63) is 69.5 Å². The van der Waals surface area contributed by atoms with E-state index in [1.54, 1.807) is 6.20 Å². The fourth-order valence-corrected chi connectivity index (χ4v) is 4.91. The minimum absolute atomic E-state index is 0.0645. The maximum Gasteiger partial charge on any atom is 0.257 e. The van der Waals surface area contributed by atoms with Crippen molar-refractivity contribution in [3.8, 4) is 11.3 Å². The number of nitrogens with one attached hydrogen (secondary N) is 1. The number of aromatic amines is 1. The lowest BCUT2D eigenvalue weighted by atomic mass is 9.76. The highest BCUT2D eigenvalue weighted by Crippen LogP contribution is 2.44. The van der Waals surface area contributed by atoms with Crippen molar-refractivity contribution in [1.82, 2.24) is 24.8 Å². The summed E-state index contributed by atoms with van der Waals surface area (Å²) in [6.07, 6.45) is 4.72. The highest BCUT2D eigenvalue weighted by Gasteiger charge is 2.44. The van der Waals surface area contributed by atoms with E-state index >= 15 is 0 Å². The molecule has 1 saturated heterocycles. The Labute approximate surface area is 179 Å². The number of aryl methyl sites for hydroxylation is 1. The van der Waals surface area contributed by atoms with Crippen molar-refractivity contribution in [2.45, 2.75) is 38.0 Å². The standard InChI is InChI=1S/C23H24N6O2/c1-14-25-13-17(18(26-14)15-5-3-2-4-6-15)21(31)29-11-9-23(10-12-29)8-7-16-19(23)27-22(24)28-20(16)30/h2-6,13H,7-12H2,1H3,(H3,24,27,28,30). The third-order valence-corrected chi connectivity index (χ3v) is 6.58. The molecule has 158 valence electrons. The number of H-pyrrole nitrogens is 1. The van der Waals surface area contributed by atoms with E-state index in [0.717, 1.165) is 36.1 Å². The Morgan fingerprint density at radius 2 is 1.87 bits per heavy atom. The van der Waals surface area contributed by atoms with Crippen LogP contribution in [0.2, 0.25) is 0 Å². The molecule has 0 unspecified atom stereocenters. The highest BCUT2D eigenvalue weighted by atomic mass is 16.2. The molecule has 2 aromatic heterocycles. The van der Waals surface area contributed by atoms with Crippen LogP contribution in [0.4, 0.5) is 5.95 Å². The van der Waals surface area contributed by atoms with E-state index < -0.39 is 0 Å². The molecule has 0 saturated carbocycles. The Morgan fingerprint density at radius 1 is 1.13 bits per heavy atom. The van der Waals surface area contributed by atoms with Crippen LogP contribution in [0, 0.1) is 6.92 Å². The van der Waals surface area contributed by atoms with Gasteiger partial charge in [0.1, 0.15) is 5.82 Å². The second-order valence-electron chi connectivity index (χ2n) is 8.40. The third kappa shape index (κ3) is 3.28. The molecule has 3 N–H and O–H groups in total. The van der Waals surface area contributed by atoms with E-state index in [1.165, 1.54) is 0 Å². The molecule has 8 nitrogen and oxygen atoms in total. The van der Waals surface area contributed by atoms with Crippen LogP contribution >= 0.6 is 0 Å². The topological polar surface area (TPSA) is 118 Å². The van der Waals surface area contributed by atoms with Gasteiger partial charge in [-0.1, -0.05) is 30.3 Å². The summed E-state index contributed by atoms with van der Waals surface area (Å²) in [5.74, 6) is 0.725. The summed E-state index contributed by atoms with van der Waals surface area (Å²) in [6, 6.07) is 9.71. The van der Waals surface area contributed by atoms with Crippen molar-refractivity contribution in [2.24, 2.45) is 0 Å². The lowest BCUT2D eigenvalue weighted by Crippen LogP contribution is -2.45. The zero-order chi connectivity index (χ0) is 21.6. The summed E-state index contributed by atoms with van der Waals surface area (Å²) in [4.78, 5) is 43.5. The van der Waals surface area contributed by atoms with Gasteiger partial charge < -0.3 is 10.6 Å². The molecule has 8 heteroatoms. The van der Waals surface area contributed by atoms with E-state index in [-0.39, 0.29) is 22.8 Å². The molecule has 2 aliphatic rings. The van der Waals surface area contributed by atoms with Gasteiger partial charge in [0.25, 0.3) is 11.5 Å². The predicted molar refractivity (Wildman–Crippen MR) is 117 cm³/mol. The fourth-order valence-electron chi connectivity index (χ4n) is 4.91. The van der Waals surface area contributed by atoms with Gasteiger partial charge in [-0.05, 0) is 32.6 Å². The van der Waals surface area contributed by atoms with Crippen molar-refractivity contribution in [2.75, 3.05) is 18.8 Å². The van der Waals surface area contributed by atoms with Crippen molar-refractivity contribution >= 4 is 11.9 Å². The molecule has 1 aromatic carbocycles. The zero-order valence-corrected chi connectivity index (χ0v) is 17.4. The second kappa shape index (κ2) is 7.30. The number of rotatable bonds is 2. The van der Waals surface area contributed by atoms with E-state index in [4.69, 9.17) is 5.73 Å². The number of hydrogen-bond acceptors (Lipinski definition) is 6. The molecule has 3 aromatic rings. The average Bonchev–Trinajstić information content (AvgIpc) is 3.12. The number of benzene rings is 1. The zero-order valence-electron chi connectivity index (χ0n) is 17.4. The first-order valence-corrected chi connectivity index (χ1v) is 10.5. The van der Waals surface area contributed by atoms with E-state index in [1.807, 2.05) is 42.2 Å². The molecule has 0 radical (unpaired) electrons. The van der Waals surface area contributed by atoms with Gasteiger partial charge in [0.15, 0.2) is 0 Å². The summed E-state index contributed by atoms with van der Waals surface area (Å²) in [5, 5.41) is 0. The molecule has 1 aliphatic carbocycles. The lowest BCUT2D eigenvalue weighted by Gasteiger charge is -2.39. The largest absolute Gasteiger partial charge is 0.369 e. The minimum Gasteiger partial charge on any atom is -0.369 e. The van der Waals surface area contributed by atoms with Gasteiger partial charge in [-0.25, -0.2) is 15.0 Å². The van der Waals surface area contributed by atoms with E-state index in [9.17, 15) is 9.59 Å². The number of fused-ring (bicyclic) bond motifs is 2. The smallest absolute Gasteiger partial charge is 0.257 e. The Bertz CT molecular complexity index is 1210. The first-order valence-electron chi connectivity index (χ1n) is 10.5. The number of carbonyl (C=O) groups is 1. The number of nitrogen functional groups attached to an aromatic ring is 1. The number of nitrogens with zero attached hydrogens (tertiary/aromatic N) is 4. The third-order valence-electron chi connectivity index (χ3n) is 6.58. The number of carbonyl (C=O) groups excluding carboxylic acids is 1. The molecule has 31 heavy (non-hydrogen) atoms. The van der Waals surface area contributed by atoms with Gasteiger partial charge in [0, 0.05) is 35.8 Å². The van der Waals surface area contributed by atoms with Crippen LogP contribution in [0.3, 0.4) is 0 Å². The summed E-state index contributed by atoms with van der Waals surface area (Å²) in [5.41, 5.74) is 9.13. The van der Waals surface area contributed by atoms with E-state index in [0.29, 0.717) is 36.6 Å². The van der Waals surface area contributed by atoms with Crippen LogP contribution in [-0.4, -0.2) is 43.8 Å². The Hall–Kier alpha value is -3.55. The molecule has 1 aliphatic heterocycles. The van der Waals surface area contributed by atoms with Crippen molar-refractivity contribution in [3.63, 3.8) is 0 Å². The Balaban J connectivity index is 1.41. The average molecular weight is 416 g/mol. The Kier molecular flexibility index (Phi) is 4.57. The molecule has 3 heterocycles. The normalized spacial score (nSPS) is 17.0. The van der Waals surface area contributed by atoms with Crippen LogP contribution in [0.15, 0.2) is 41.3 Å². The fraction of sp³-hybridized carbons (Fsp3) is 0.348. The molecule has 0 bridgehead atoms. The van der Waals surface area contributed by atoms with Crippen LogP contribution in [0.25, 0.3) is 11.3 Å². The molecule has 0 atom stereocenters. The number of anilines is 1. The van der Waals surface area contributed by atoms with Crippen molar-refractivity contribution in [1.29, 1.82) is 0 Å². The SMILES string of the molecule is Cc1ncc(C(=O)N2CCC3(CCc4c3nc(N)[nH]c4=O)CC2)c(-c2ccccc2)n1. The van der Waals surface area contributed by atoms with Crippen molar-refractivity contribution < 1.29 is 4.79 Å². The number of piperidine rings is 1. The highest BCUT2D eigenvalue weighted by molar-refractivity contribution is 5.99. The summed E-state index contributed by atoms with van der Waals surface area (Å²) in [7, 11) is 0. The Morgan fingerprint density at radius 3 is 2.61 bits per heavy atom. The summed E-state index contributed by atoms with van der Waals surface area (Å²) >= 11 is 0. The molecular formula is C23H24N6O2. The lowest BCUT2D eigenvalue weighted by molar-refractivity contribution is 0.0663. The summed E-state index contributed by atoms with van der Waals surface area (Å²) < 4.78 is 0. The first-order chi connectivity index (χ1) is 15.0. The van der Waals surface area contributed by atoms with Gasteiger partial charge in [0.05, 0.1) is 17.0 Å². The molecule has 5 rings (SSSR count). The van der Waals surface area contributed by atoms with Crippen LogP contribution < -0.4 is 11.3 Å². The first kappa shape index (κ1) is 19.4. The number of aromatic nitrogens is 4. The number of hydrogen-bond donors (Lipinski definition) is 2. The molecule has 1 spiro atoms. The maximum atomic E-state index is 13.4. The van der Waals surface area contributed by atoms with Gasteiger partial charge >= 0.3 is 0 Å². The van der Waals surface area contributed by atoms with Gasteiger partial charge in [-0.15, -0.1) is 0 Å². The molecule has 1 amide bonds. The van der Waals surface area contributed by atoms with Gasteiger partial charge in [-0.2, -0.15) is 0 Å². The van der Waals surface area contributed by atoms with Gasteiger partial charge in [0.2, 0.25) is 5.95 Å². The monoisotopic (exact) mass is 416 g/mol. The second-order valence-corrected chi connectivity index (χ2v) is 8.40. The van der Waals surface area contributed by atoms with Crippen LogP contribution in [-0.2, 0) is 11.8 Å². The van der Waals surface area contributed by atoms with Crippen LogP contribution in [0.5, 0.6) is 0 Å². The minimum atomic E-state index is -0.180. The van der Waals surface area contributed by atoms with E-state index in [2.05, 4.69) is 19.9 Å². The maximum absolute atomic E-state index is 13.4. The molecule has 1 fully saturated rings. The quantitative estimate of drug-likeness (QED) is 0.661. The number of likely N-dealkylation sites (tertiary alicyclic amines) is 1.